The summed E-state index contributed by atoms with van der Waals surface area (Å²) < 4.78 is 41.1. The van der Waals surface area contributed by atoms with Crippen LogP contribution in [0.25, 0.3) is 10.2 Å². The average molecular weight is 508 g/mol. The lowest BCUT2D eigenvalue weighted by Gasteiger charge is -2.24. The number of carbonyl (C=O) groups excluding carboxylic acids is 2. The molecule has 0 spiro atoms. The lowest BCUT2D eigenvalue weighted by Crippen LogP contribution is -2.28. The lowest BCUT2D eigenvalue weighted by atomic mass is 10.0. The van der Waals surface area contributed by atoms with Crippen molar-refractivity contribution in [1.29, 1.82) is 0 Å². The van der Waals surface area contributed by atoms with E-state index in [1.807, 2.05) is 13.1 Å². The van der Waals surface area contributed by atoms with Crippen LogP contribution >= 0.6 is 11.3 Å². The van der Waals surface area contributed by atoms with Crippen LogP contribution < -0.4 is 15.4 Å². The number of hydrogen-bond donors (Lipinski definition) is 2. The van der Waals surface area contributed by atoms with E-state index in [9.17, 15) is 22.8 Å². The highest BCUT2D eigenvalue weighted by molar-refractivity contribution is 7.21. The summed E-state index contributed by atoms with van der Waals surface area (Å²) in [6.45, 7) is 1.72. The van der Waals surface area contributed by atoms with Gasteiger partial charge in [0.2, 0.25) is 5.91 Å². The van der Waals surface area contributed by atoms with Crippen LogP contribution in [0.15, 0.2) is 30.3 Å². The quantitative estimate of drug-likeness (QED) is 0.526. The first-order chi connectivity index (χ1) is 16.5. The molecule has 12 heteroatoms. The van der Waals surface area contributed by atoms with Crippen molar-refractivity contribution in [3.63, 3.8) is 0 Å². The van der Waals surface area contributed by atoms with E-state index in [0.29, 0.717) is 22.4 Å². The fourth-order valence-electron chi connectivity index (χ4n) is 3.80. The molecule has 0 saturated heterocycles. The fourth-order valence-corrected chi connectivity index (χ4v) is 4.83. The Kier molecular flexibility index (Phi) is 6.97. The van der Waals surface area contributed by atoms with Crippen molar-refractivity contribution in [2.24, 2.45) is 0 Å². The number of benzene rings is 1. The third-order valence-corrected chi connectivity index (χ3v) is 6.40. The van der Waals surface area contributed by atoms with E-state index in [0.717, 1.165) is 47.7 Å². The number of rotatable bonds is 6. The number of fused-ring (bicyclic) bond motifs is 2. The Morgan fingerprint density at radius 3 is 2.57 bits per heavy atom. The molecule has 4 rings (SSSR count). The Morgan fingerprint density at radius 1 is 1.20 bits per heavy atom. The highest BCUT2D eigenvalue weighted by Crippen LogP contribution is 2.37. The Balaban J connectivity index is 1.66. The maximum Gasteiger partial charge on any atom is 0.573 e. The third-order valence-electron chi connectivity index (χ3n) is 5.30. The number of halogens is 3. The summed E-state index contributed by atoms with van der Waals surface area (Å²) in [5, 5.41) is 6.21. The van der Waals surface area contributed by atoms with Gasteiger partial charge in [0.05, 0.1) is 12.2 Å². The summed E-state index contributed by atoms with van der Waals surface area (Å²) in [5.41, 5.74) is 2.66. The largest absolute Gasteiger partial charge is 0.573 e. The molecule has 1 aromatic carbocycles. The average Bonchev–Trinajstić information content (AvgIpc) is 3.09. The highest BCUT2D eigenvalue weighted by Gasteiger charge is 2.31. The van der Waals surface area contributed by atoms with Crippen LogP contribution in [0.3, 0.4) is 0 Å². The molecule has 2 aromatic heterocycles. The number of amides is 2. The number of alkyl halides is 3. The van der Waals surface area contributed by atoms with Crippen molar-refractivity contribution in [3.8, 4) is 5.75 Å². The maximum atomic E-state index is 13.2. The van der Waals surface area contributed by atoms with Crippen molar-refractivity contribution < 1.29 is 27.5 Å². The summed E-state index contributed by atoms with van der Waals surface area (Å²) >= 11 is 1.16. The minimum absolute atomic E-state index is 0.125. The summed E-state index contributed by atoms with van der Waals surface area (Å²) in [6.07, 6.45) is -4.02. The van der Waals surface area contributed by atoms with Gasteiger partial charge in [0.15, 0.2) is 0 Å². The SMILES string of the molecule is CN(C)CC(=O)Nc1c(C(=O)Nc2ccc(OC(F)(F)F)cc2)sc2nc3c(cc12)CN(C)CC3. The van der Waals surface area contributed by atoms with Gasteiger partial charge in [-0.3, -0.25) is 9.59 Å². The molecule has 2 amide bonds. The zero-order valence-corrected chi connectivity index (χ0v) is 20.1. The predicted molar refractivity (Wildman–Crippen MR) is 128 cm³/mol. The van der Waals surface area contributed by atoms with Crippen LogP contribution in [-0.2, 0) is 17.8 Å². The second-order valence-corrected chi connectivity index (χ2v) is 9.55. The maximum absolute atomic E-state index is 13.2. The normalized spacial score (nSPS) is 14.1. The van der Waals surface area contributed by atoms with Gasteiger partial charge in [0, 0.05) is 36.3 Å². The van der Waals surface area contributed by atoms with Gasteiger partial charge in [-0.25, -0.2) is 4.98 Å². The number of anilines is 2. The van der Waals surface area contributed by atoms with E-state index in [1.54, 1.807) is 19.0 Å². The molecule has 0 aliphatic carbocycles. The first-order valence-electron chi connectivity index (χ1n) is 10.7. The molecule has 0 atom stereocenters. The van der Waals surface area contributed by atoms with Gasteiger partial charge in [0.25, 0.3) is 5.91 Å². The Hall–Kier alpha value is -3.22. The van der Waals surface area contributed by atoms with E-state index in [1.165, 1.54) is 12.1 Å². The molecule has 0 bridgehead atoms. The van der Waals surface area contributed by atoms with Crippen LogP contribution in [0.5, 0.6) is 5.75 Å². The number of likely N-dealkylation sites (N-methyl/N-ethyl adjacent to an activating group) is 2. The number of ether oxygens (including phenoxy) is 1. The molecule has 0 fully saturated rings. The van der Waals surface area contributed by atoms with Gasteiger partial charge in [0.1, 0.15) is 15.5 Å². The van der Waals surface area contributed by atoms with Crippen molar-refractivity contribution in [3.05, 3.63) is 46.5 Å². The molecule has 8 nitrogen and oxygen atoms in total. The number of nitrogens with one attached hydrogen (secondary N) is 2. The number of pyridine rings is 1. The van der Waals surface area contributed by atoms with Crippen molar-refractivity contribution in [1.82, 2.24) is 14.8 Å². The van der Waals surface area contributed by atoms with Gasteiger partial charge in [-0.2, -0.15) is 0 Å². The van der Waals surface area contributed by atoms with Gasteiger partial charge in [-0.1, -0.05) is 0 Å². The number of carbonyl (C=O) groups is 2. The summed E-state index contributed by atoms with van der Waals surface area (Å²) in [5.74, 6) is -1.19. The van der Waals surface area contributed by atoms with Gasteiger partial charge in [-0.05, 0) is 57.0 Å². The van der Waals surface area contributed by atoms with Crippen molar-refractivity contribution in [2.75, 3.05) is 44.9 Å². The van der Waals surface area contributed by atoms with Crippen LogP contribution in [0.1, 0.15) is 20.9 Å². The number of hydrogen-bond acceptors (Lipinski definition) is 7. The van der Waals surface area contributed by atoms with Crippen LogP contribution in [0, 0.1) is 0 Å². The molecule has 186 valence electrons. The molecular formula is C23H24F3N5O3S. The fraction of sp³-hybridized carbons (Fsp3) is 0.348. The Labute approximate surface area is 203 Å². The molecule has 3 heterocycles. The molecular weight excluding hydrogens is 483 g/mol. The van der Waals surface area contributed by atoms with E-state index >= 15 is 0 Å². The molecule has 3 aromatic rings. The molecule has 2 N–H and O–H groups in total. The molecule has 35 heavy (non-hydrogen) atoms. The van der Waals surface area contributed by atoms with Gasteiger partial charge in [-0.15, -0.1) is 24.5 Å². The van der Waals surface area contributed by atoms with Gasteiger partial charge < -0.3 is 25.2 Å². The second-order valence-electron chi connectivity index (χ2n) is 8.55. The topological polar surface area (TPSA) is 86.8 Å². The molecule has 0 unspecified atom stereocenters. The van der Waals surface area contributed by atoms with Crippen molar-refractivity contribution >= 4 is 44.7 Å². The lowest BCUT2D eigenvalue weighted by molar-refractivity contribution is -0.274. The standard InChI is InChI=1S/C23H24F3N5O3S/c1-30(2)12-18(32)29-19-16-10-13-11-31(3)9-8-17(13)28-22(16)35-20(19)21(33)27-14-4-6-15(7-5-14)34-23(24,25)26/h4-7,10H,8-9,11-12H2,1-3H3,(H,27,33)(H,29,32). The van der Waals surface area contributed by atoms with E-state index in [-0.39, 0.29) is 23.0 Å². The van der Waals surface area contributed by atoms with Crippen LogP contribution in [-0.4, -0.2) is 67.2 Å². The zero-order chi connectivity index (χ0) is 25.3. The number of aromatic nitrogens is 1. The Bertz CT molecular complexity index is 1260. The summed E-state index contributed by atoms with van der Waals surface area (Å²) in [4.78, 5) is 35.3. The highest BCUT2D eigenvalue weighted by atomic mass is 32.1. The minimum atomic E-state index is -4.80. The van der Waals surface area contributed by atoms with Gasteiger partial charge >= 0.3 is 6.36 Å². The molecule has 1 aliphatic rings. The second kappa shape index (κ2) is 9.80. The monoisotopic (exact) mass is 507 g/mol. The van der Waals surface area contributed by atoms with Crippen molar-refractivity contribution in [2.45, 2.75) is 19.3 Å². The van der Waals surface area contributed by atoms with Crippen LogP contribution in [0.2, 0.25) is 0 Å². The molecule has 0 radical (unpaired) electrons. The third kappa shape index (κ3) is 6.08. The number of nitrogens with zero attached hydrogens (tertiary/aromatic N) is 3. The van der Waals surface area contributed by atoms with E-state index < -0.39 is 18.0 Å². The predicted octanol–water partition coefficient (Wildman–Crippen LogP) is 3.94. The zero-order valence-electron chi connectivity index (χ0n) is 19.3. The smallest absolute Gasteiger partial charge is 0.406 e. The first-order valence-corrected chi connectivity index (χ1v) is 11.6. The Morgan fingerprint density at radius 2 is 1.91 bits per heavy atom. The molecule has 0 saturated carbocycles. The summed E-state index contributed by atoms with van der Waals surface area (Å²) in [6, 6.07) is 6.81. The minimum Gasteiger partial charge on any atom is -0.406 e. The van der Waals surface area contributed by atoms with E-state index in [2.05, 4.69) is 20.3 Å². The summed E-state index contributed by atoms with van der Waals surface area (Å²) in [7, 11) is 5.54. The molecule has 1 aliphatic heterocycles. The van der Waals surface area contributed by atoms with E-state index in [4.69, 9.17) is 4.98 Å². The number of thiophene rings is 1. The first kappa shape index (κ1) is 24.9. The van der Waals surface area contributed by atoms with Crippen LogP contribution in [0.4, 0.5) is 24.5 Å².